The van der Waals surface area contributed by atoms with Crippen molar-refractivity contribution >= 4 is 18.2 Å². The molecule has 186 valence electrons. The average molecular weight is 499 g/mol. The van der Waals surface area contributed by atoms with E-state index in [1.54, 1.807) is 7.05 Å². The predicted molar refractivity (Wildman–Crippen MR) is 120 cm³/mol. The number of primary amides is 1. The first-order chi connectivity index (χ1) is 17.2. The van der Waals surface area contributed by atoms with Crippen molar-refractivity contribution in [1.82, 2.24) is 24.7 Å². The van der Waals surface area contributed by atoms with E-state index in [0.29, 0.717) is 17.7 Å². The highest BCUT2D eigenvalue weighted by Gasteiger charge is 2.39. The maximum Gasteiger partial charge on any atom is 0.341 e. The maximum absolute atomic E-state index is 14.4. The molecule has 3 amide bonds. The Hall–Kier alpha value is -4.42. The van der Waals surface area contributed by atoms with Crippen LogP contribution in [0.3, 0.4) is 0 Å². The third-order valence-corrected chi connectivity index (χ3v) is 5.97. The van der Waals surface area contributed by atoms with E-state index in [0.717, 1.165) is 12.3 Å². The second kappa shape index (κ2) is 8.98. The fraction of sp³-hybridized carbons (Fsp3) is 0.261. The van der Waals surface area contributed by atoms with Crippen molar-refractivity contribution in [3.63, 3.8) is 0 Å². The topological polar surface area (TPSA) is 119 Å². The van der Waals surface area contributed by atoms with Crippen molar-refractivity contribution in [2.24, 2.45) is 17.9 Å². The Morgan fingerprint density at radius 1 is 1.08 bits per heavy atom. The van der Waals surface area contributed by atoms with Gasteiger partial charge in [0.25, 0.3) is 5.91 Å². The number of aryl methyl sites for hydroxylation is 1. The number of hydrogen-bond donors (Lipinski definition) is 1. The van der Waals surface area contributed by atoms with Gasteiger partial charge in [0.05, 0.1) is 48.5 Å². The standard InChI is InChI=1S/C23H20F3N7O3/c1-31-21(16(8-30-31)22(27)34)18-7-20(17(26)9-28-18)36-15-10-32(11-15)23(35)33-19(2-3-29-33)12-4-13(24)6-14(25)5-12/h3-9,15,19H,2,10-11H2,1H3,(H2,27,34)/t19-/m0/s1. The fourth-order valence-corrected chi connectivity index (χ4v) is 4.20. The number of nitrogens with zero attached hydrogens (tertiary/aromatic N) is 6. The Morgan fingerprint density at radius 2 is 1.81 bits per heavy atom. The average Bonchev–Trinajstić information content (AvgIpc) is 3.43. The number of hydrogen-bond acceptors (Lipinski definition) is 6. The highest BCUT2D eigenvalue weighted by molar-refractivity contribution is 5.98. The van der Waals surface area contributed by atoms with E-state index in [2.05, 4.69) is 15.2 Å². The summed E-state index contributed by atoms with van der Waals surface area (Å²) in [6.45, 7) is 0.287. The molecule has 2 aliphatic rings. The lowest BCUT2D eigenvalue weighted by atomic mass is 10.0. The summed E-state index contributed by atoms with van der Waals surface area (Å²) in [6.07, 6.45) is 3.56. The number of rotatable bonds is 5. The molecule has 5 rings (SSSR count). The molecular formula is C23H20F3N7O3. The second-order valence-electron chi connectivity index (χ2n) is 8.42. The minimum atomic E-state index is -0.741. The molecule has 4 heterocycles. The molecule has 1 saturated heterocycles. The molecule has 0 saturated carbocycles. The zero-order valence-electron chi connectivity index (χ0n) is 18.9. The van der Waals surface area contributed by atoms with E-state index in [1.807, 2.05) is 0 Å². The molecule has 10 nitrogen and oxygen atoms in total. The van der Waals surface area contributed by atoms with Crippen molar-refractivity contribution in [2.45, 2.75) is 18.6 Å². The van der Waals surface area contributed by atoms with Crippen LogP contribution in [0, 0.1) is 17.5 Å². The number of amides is 3. The van der Waals surface area contributed by atoms with E-state index in [-0.39, 0.29) is 30.1 Å². The van der Waals surface area contributed by atoms with Gasteiger partial charge in [0, 0.05) is 31.8 Å². The Bertz CT molecular complexity index is 1370. The zero-order chi connectivity index (χ0) is 25.6. The Balaban J connectivity index is 1.26. The summed E-state index contributed by atoms with van der Waals surface area (Å²) in [4.78, 5) is 30.1. The third-order valence-electron chi connectivity index (χ3n) is 5.97. The highest BCUT2D eigenvalue weighted by Crippen LogP contribution is 2.32. The summed E-state index contributed by atoms with van der Waals surface area (Å²) < 4.78 is 48.9. The van der Waals surface area contributed by atoms with E-state index in [4.69, 9.17) is 10.5 Å². The van der Waals surface area contributed by atoms with Gasteiger partial charge in [0.2, 0.25) is 0 Å². The van der Waals surface area contributed by atoms with Gasteiger partial charge >= 0.3 is 6.03 Å². The SMILES string of the molecule is Cn1ncc(C(N)=O)c1-c1cc(OC2CN(C(=O)N3N=CC[C@H]3c3cc(F)cc(F)c3)C2)c(F)cn1. The Labute approximate surface area is 202 Å². The highest BCUT2D eigenvalue weighted by atomic mass is 19.1. The van der Waals surface area contributed by atoms with Gasteiger partial charge in [0.1, 0.15) is 17.7 Å². The first-order valence-corrected chi connectivity index (χ1v) is 10.9. The quantitative estimate of drug-likeness (QED) is 0.579. The Morgan fingerprint density at radius 3 is 2.50 bits per heavy atom. The molecule has 1 atom stereocenters. The number of hydrazone groups is 1. The number of halogens is 3. The molecule has 1 aromatic carbocycles. The molecular weight excluding hydrogens is 479 g/mol. The minimum absolute atomic E-state index is 0.110. The van der Waals surface area contributed by atoms with Gasteiger partial charge in [-0.3, -0.25) is 14.5 Å². The fourth-order valence-electron chi connectivity index (χ4n) is 4.20. The molecule has 0 spiro atoms. The van der Waals surface area contributed by atoms with Crippen molar-refractivity contribution in [2.75, 3.05) is 13.1 Å². The number of pyridine rings is 1. The lowest BCUT2D eigenvalue weighted by Gasteiger charge is -2.41. The molecule has 1 fully saturated rings. The molecule has 2 aliphatic heterocycles. The molecule has 0 unspecified atom stereocenters. The maximum atomic E-state index is 14.4. The first-order valence-electron chi connectivity index (χ1n) is 10.9. The van der Waals surface area contributed by atoms with Gasteiger partial charge in [-0.05, 0) is 17.7 Å². The van der Waals surface area contributed by atoms with Gasteiger partial charge in [0.15, 0.2) is 11.6 Å². The van der Waals surface area contributed by atoms with E-state index in [9.17, 15) is 22.8 Å². The number of nitrogens with two attached hydrogens (primary N) is 1. The summed E-state index contributed by atoms with van der Waals surface area (Å²) in [6, 6.07) is 3.33. The van der Waals surface area contributed by atoms with Gasteiger partial charge in [-0.1, -0.05) is 0 Å². The number of carbonyl (C=O) groups is 2. The van der Waals surface area contributed by atoms with Gasteiger partial charge in [-0.2, -0.15) is 10.2 Å². The van der Waals surface area contributed by atoms with E-state index < -0.39 is 41.5 Å². The van der Waals surface area contributed by atoms with E-state index in [1.165, 1.54) is 45.2 Å². The number of carbonyl (C=O) groups excluding carboxylic acids is 2. The number of urea groups is 1. The monoisotopic (exact) mass is 499 g/mol. The summed E-state index contributed by atoms with van der Waals surface area (Å²) >= 11 is 0. The van der Waals surface area contributed by atoms with Crippen LogP contribution >= 0.6 is 0 Å². The largest absolute Gasteiger partial charge is 0.483 e. The molecule has 2 N–H and O–H groups in total. The number of ether oxygens (including phenoxy) is 1. The van der Waals surface area contributed by atoms with Crippen LogP contribution in [0.25, 0.3) is 11.4 Å². The number of aromatic nitrogens is 3. The van der Waals surface area contributed by atoms with Crippen LogP contribution in [0.15, 0.2) is 41.8 Å². The van der Waals surface area contributed by atoms with Crippen molar-refractivity contribution in [3.05, 3.63) is 65.2 Å². The summed E-state index contributed by atoms with van der Waals surface area (Å²) in [7, 11) is 1.59. The first kappa shape index (κ1) is 23.3. The predicted octanol–water partition coefficient (Wildman–Crippen LogP) is 2.61. The summed E-state index contributed by atoms with van der Waals surface area (Å²) in [5.41, 5.74) is 6.36. The smallest absolute Gasteiger partial charge is 0.341 e. The van der Waals surface area contributed by atoms with Crippen LogP contribution in [0.4, 0.5) is 18.0 Å². The summed E-state index contributed by atoms with van der Waals surface area (Å²) in [5.74, 6) is -3.02. The van der Waals surface area contributed by atoms with Crippen LogP contribution in [-0.4, -0.2) is 62.0 Å². The number of benzene rings is 1. The van der Waals surface area contributed by atoms with Crippen molar-refractivity contribution < 1.29 is 27.5 Å². The molecule has 0 bridgehead atoms. The second-order valence-corrected chi connectivity index (χ2v) is 8.42. The molecule has 2 aromatic heterocycles. The number of likely N-dealkylation sites (tertiary alicyclic amines) is 1. The molecule has 0 radical (unpaired) electrons. The molecule has 36 heavy (non-hydrogen) atoms. The van der Waals surface area contributed by atoms with Crippen LogP contribution in [0.2, 0.25) is 0 Å². The summed E-state index contributed by atoms with van der Waals surface area (Å²) in [5, 5.41) is 9.24. The lowest BCUT2D eigenvalue weighted by Crippen LogP contribution is -2.58. The molecule has 3 aromatic rings. The Kier molecular flexibility index (Phi) is 5.82. The van der Waals surface area contributed by atoms with Gasteiger partial charge in [-0.25, -0.2) is 23.0 Å². The zero-order valence-corrected chi connectivity index (χ0v) is 18.9. The van der Waals surface area contributed by atoms with E-state index >= 15 is 0 Å². The molecule has 13 heteroatoms. The van der Waals surface area contributed by atoms with Gasteiger partial charge < -0.3 is 15.4 Å². The van der Waals surface area contributed by atoms with Crippen molar-refractivity contribution in [3.8, 4) is 17.1 Å². The third kappa shape index (κ3) is 4.23. The van der Waals surface area contributed by atoms with Crippen LogP contribution in [-0.2, 0) is 7.05 Å². The lowest BCUT2D eigenvalue weighted by molar-refractivity contribution is 0.0256. The molecule has 0 aliphatic carbocycles. The van der Waals surface area contributed by atoms with Crippen LogP contribution in [0.5, 0.6) is 5.75 Å². The van der Waals surface area contributed by atoms with Crippen LogP contribution < -0.4 is 10.5 Å². The van der Waals surface area contributed by atoms with Gasteiger partial charge in [-0.15, -0.1) is 0 Å². The van der Waals surface area contributed by atoms with Crippen LogP contribution in [0.1, 0.15) is 28.4 Å². The normalized spacial score (nSPS) is 17.4. The minimum Gasteiger partial charge on any atom is -0.483 e. The van der Waals surface area contributed by atoms with Crippen molar-refractivity contribution in [1.29, 1.82) is 0 Å².